The van der Waals surface area contributed by atoms with E-state index in [-0.39, 0.29) is 52.6 Å². The molecular weight excluding hydrogens is 711 g/mol. The Bertz CT molecular complexity index is 2060. The van der Waals surface area contributed by atoms with E-state index in [9.17, 15) is 54.2 Å². The minimum atomic E-state index is -5.17. The van der Waals surface area contributed by atoms with E-state index in [1.807, 2.05) is 0 Å². The Hall–Kier alpha value is -5.28. The van der Waals surface area contributed by atoms with Crippen molar-refractivity contribution in [2.24, 2.45) is 0 Å². The first-order valence-corrected chi connectivity index (χ1v) is 15.6. The van der Waals surface area contributed by atoms with Crippen LogP contribution in [0.25, 0.3) is 22.3 Å². The van der Waals surface area contributed by atoms with Gasteiger partial charge in [0.05, 0.1) is 41.4 Å². The first kappa shape index (κ1) is 36.5. The second-order valence-corrected chi connectivity index (χ2v) is 12.6. The van der Waals surface area contributed by atoms with E-state index in [4.69, 9.17) is 9.47 Å². The highest BCUT2D eigenvalue weighted by Gasteiger charge is 2.52. The van der Waals surface area contributed by atoms with E-state index in [1.165, 1.54) is 32.4 Å². The molecule has 2 fully saturated rings. The van der Waals surface area contributed by atoms with Gasteiger partial charge in [-0.2, -0.15) is 39.5 Å². The zero-order valence-electron chi connectivity index (χ0n) is 27.3. The molecule has 1 unspecified atom stereocenters. The van der Waals surface area contributed by atoms with Crippen molar-refractivity contribution in [3.8, 4) is 28.1 Å². The molecule has 0 aliphatic carbocycles. The Morgan fingerprint density at radius 3 is 2.00 bits per heavy atom. The summed E-state index contributed by atoms with van der Waals surface area (Å²) in [4.78, 5) is 30.4. The summed E-state index contributed by atoms with van der Waals surface area (Å²) in [5.74, 6) is -1.16. The molecule has 274 valence electrons. The lowest BCUT2D eigenvalue weighted by atomic mass is 9.87. The maximum absolute atomic E-state index is 14.3. The lowest BCUT2D eigenvalue weighted by Crippen LogP contribution is -2.31. The number of ether oxygens (including phenoxy) is 2. The molecule has 2 aliphatic rings. The molecule has 1 N–H and O–H groups in total. The van der Waals surface area contributed by atoms with Crippen LogP contribution in [0.1, 0.15) is 74.3 Å². The Balaban J connectivity index is 1.49. The van der Waals surface area contributed by atoms with Gasteiger partial charge in [0.15, 0.2) is 0 Å². The average Bonchev–Trinajstić information content (AvgIpc) is 3.63. The number of pyridine rings is 1. The molecule has 3 heterocycles. The number of carboxylic acid groups (broad SMARTS) is 1. The maximum atomic E-state index is 14.3. The molecule has 2 aliphatic heterocycles. The van der Waals surface area contributed by atoms with Crippen molar-refractivity contribution in [1.82, 2.24) is 9.88 Å². The number of hydrogen-bond acceptors (Lipinski definition) is 5. The van der Waals surface area contributed by atoms with Crippen molar-refractivity contribution < 1.29 is 63.7 Å². The lowest BCUT2D eigenvalue weighted by Gasteiger charge is -2.27. The number of benzene rings is 3. The van der Waals surface area contributed by atoms with Crippen LogP contribution in [0.5, 0.6) is 5.88 Å². The molecule has 16 heteroatoms. The van der Waals surface area contributed by atoms with Gasteiger partial charge in [0.2, 0.25) is 5.88 Å². The van der Waals surface area contributed by atoms with E-state index >= 15 is 0 Å². The van der Waals surface area contributed by atoms with Gasteiger partial charge in [-0.05, 0) is 109 Å². The van der Waals surface area contributed by atoms with Crippen LogP contribution in [-0.2, 0) is 23.3 Å². The largest absolute Gasteiger partial charge is 0.481 e. The van der Waals surface area contributed by atoms with Crippen LogP contribution < -0.4 is 4.74 Å². The van der Waals surface area contributed by atoms with Crippen LogP contribution in [0.15, 0.2) is 60.8 Å². The Labute approximate surface area is 289 Å². The van der Waals surface area contributed by atoms with Gasteiger partial charge in [0, 0.05) is 17.3 Å². The van der Waals surface area contributed by atoms with Crippen molar-refractivity contribution in [2.75, 3.05) is 7.11 Å². The number of fused-ring (bicyclic) bond motifs is 1. The molecular formula is C36H27F9N2O5. The minimum Gasteiger partial charge on any atom is -0.481 e. The molecule has 0 saturated carbocycles. The number of cyclic esters (lactones) is 1. The molecule has 0 spiro atoms. The fraction of sp³-hybridized carbons (Fsp3) is 0.306. The molecule has 7 nitrogen and oxygen atoms in total. The number of aromatic carboxylic acids is 1. The number of amides is 1. The monoisotopic (exact) mass is 738 g/mol. The number of halogens is 9. The predicted octanol–water partition coefficient (Wildman–Crippen LogP) is 10.2. The van der Waals surface area contributed by atoms with Gasteiger partial charge in [-0.1, -0.05) is 6.07 Å². The first-order chi connectivity index (χ1) is 24.2. The molecule has 3 aromatic carbocycles. The summed E-state index contributed by atoms with van der Waals surface area (Å²) in [5.41, 5.74) is -2.78. The van der Waals surface area contributed by atoms with Gasteiger partial charge >= 0.3 is 30.6 Å². The zero-order chi connectivity index (χ0) is 38.1. The normalized spacial score (nSPS) is 19.1. The molecule has 4 aromatic rings. The third kappa shape index (κ3) is 6.61. The number of carbonyl (C=O) groups is 2. The Morgan fingerprint density at radius 1 is 0.827 bits per heavy atom. The molecule has 0 radical (unpaired) electrons. The molecule has 3 atom stereocenters. The quantitative estimate of drug-likeness (QED) is 0.198. The van der Waals surface area contributed by atoms with Crippen molar-refractivity contribution >= 4 is 12.1 Å². The van der Waals surface area contributed by atoms with Gasteiger partial charge in [-0.25, -0.2) is 14.6 Å². The van der Waals surface area contributed by atoms with Crippen LogP contribution >= 0.6 is 0 Å². The number of aromatic nitrogens is 1. The number of carboxylic acids is 1. The molecule has 1 amide bonds. The number of nitrogens with zero attached hydrogens (tertiary/aromatic N) is 2. The molecule has 52 heavy (non-hydrogen) atoms. The highest BCUT2D eigenvalue weighted by molar-refractivity contribution is 5.89. The summed E-state index contributed by atoms with van der Waals surface area (Å²) in [6, 6.07) is 6.31. The van der Waals surface area contributed by atoms with Crippen LogP contribution in [0, 0.1) is 13.8 Å². The fourth-order valence-electron chi connectivity index (χ4n) is 7.06. The highest BCUT2D eigenvalue weighted by atomic mass is 19.4. The average molecular weight is 739 g/mol. The number of carbonyl (C=O) groups excluding carboxylic acids is 1. The van der Waals surface area contributed by atoms with E-state index in [0.717, 1.165) is 17.0 Å². The van der Waals surface area contributed by atoms with Crippen LogP contribution in [0.2, 0.25) is 0 Å². The zero-order valence-corrected chi connectivity index (χ0v) is 27.3. The molecule has 2 saturated heterocycles. The topological polar surface area (TPSA) is 89.0 Å². The van der Waals surface area contributed by atoms with Crippen molar-refractivity contribution in [2.45, 2.75) is 63.4 Å². The first-order valence-electron chi connectivity index (χ1n) is 15.6. The van der Waals surface area contributed by atoms with Crippen molar-refractivity contribution in [3.05, 3.63) is 105 Å². The second kappa shape index (κ2) is 12.7. The van der Waals surface area contributed by atoms with E-state index in [1.54, 1.807) is 19.1 Å². The summed E-state index contributed by atoms with van der Waals surface area (Å²) >= 11 is 0. The van der Waals surface area contributed by atoms with E-state index in [2.05, 4.69) is 4.98 Å². The minimum absolute atomic E-state index is 0.00673. The summed E-state index contributed by atoms with van der Waals surface area (Å²) in [5, 5.41) is 9.39. The Morgan fingerprint density at radius 2 is 1.44 bits per heavy atom. The van der Waals surface area contributed by atoms with Gasteiger partial charge in [0.1, 0.15) is 6.10 Å². The number of rotatable bonds is 6. The molecule has 0 bridgehead atoms. The smallest absolute Gasteiger partial charge is 0.416 e. The van der Waals surface area contributed by atoms with Gasteiger partial charge in [0.25, 0.3) is 0 Å². The van der Waals surface area contributed by atoms with Crippen molar-refractivity contribution in [3.63, 3.8) is 0 Å². The Kier molecular flexibility index (Phi) is 8.94. The fourth-order valence-corrected chi connectivity index (χ4v) is 7.06. The number of alkyl halides is 9. The van der Waals surface area contributed by atoms with Crippen LogP contribution in [0.3, 0.4) is 0 Å². The van der Waals surface area contributed by atoms with Crippen molar-refractivity contribution in [1.29, 1.82) is 0 Å². The second-order valence-electron chi connectivity index (χ2n) is 12.6. The standard InChI is InChI=1S/C36H27F9N2O5/c1-16-8-18(32(48)49)4-5-24(16)20-12-26(31(51-3)46-15-20)29-17(2)9-21(34(37,38)39)14-25(29)27-6-7-28-30(52-33(50)47(27)28)19-10-22(35(40,41)42)13-23(11-19)36(43,44)45/h4-5,8-15,27-28,30H,6-7H2,1-3H3,(H,48,49)/t27-,28?,30+/m0/s1. The number of aryl methyl sites for hydroxylation is 2. The third-order valence-electron chi connectivity index (χ3n) is 9.31. The lowest BCUT2D eigenvalue weighted by molar-refractivity contribution is -0.143. The van der Waals surface area contributed by atoms with Crippen LogP contribution in [-0.4, -0.2) is 40.2 Å². The summed E-state index contributed by atoms with van der Waals surface area (Å²) in [7, 11) is 1.29. The van der Waals surface area contributed by atoms with E-state index in [0.29, 0.717) is 28.8 Å². The molecule has 1 aromatic heterocycles. The highest BCUT2D eigenvalue weighted by Crippen LogP contribution is 2.52. The van der Waals surface area contributed by atoms with Crippen LogP contribution in [0.4, 0.5) is 44.3 Å². The summed E-state index contributed by atoms with van der Waals surface area (Å²) in [6.45, 7) is 3.07. The van der Waals surface area contributed by atoms with Gasteiger partial charge in [-0.15, -0.1) is 0 Å². The van der Waals surface area contributed by atoms with E-state index < -0.39 is 71.0 Å². The summed E-state index contributed by atoms with van der Waals surface area (Å²) in [6.07, 6.45) is -16.5. The number of methoxy groups -OCH3 is 1. The number of hydrogen-bond donors (Lipinski definition) is 1. The maximum Gasteiger partial charge on any atom is 0.416 e. The van der Waals surface area contributed by atoms with Gasteiger partial charge in [-0.3, -0.25) is 4.90 Å². The third-order valence-corrected chi connectivity index (χ3v) is 9.31. The summed E-state index contributed by atoms with van der Waals surface area (Å²) < 4.78 is 136. The predicted molar refractivity (Wildman–Crippen MR) is 166 cm³/mol. The molecule has 6 rings (SSSR count). The van der Waals surface area contributed by atoms with Gasteiger partial charge < -0.3 is 14.6 Å². The SMILES string of the molecule is COc1ncc(-c2ccc(C(=O)O)cc2C)cc1-c1c(C)cc(C(F)(F)F)cc1[C@@H]1CCC2[C@@H](c3cc(C(F)(F)F)cc(C(F)(F)F)c3)OC(=O)N21.